The van der Waals surface area contributed by atoms with Gasteiger partial charge in [-0.3, -0.25) is 4.90 Å². The molecule has 2 aromatic carbocycles. The molecule has 0 fully saturated rings. The van der Waals surface area contributed by atoms with E-state index in [0.717, 1.165) is 26.9 Å². The molecule has 0 radical (unpaired) electrons. The molecule has 0 saturated carbocycles. The Bertz CT molecular complexity index is 811. The van der Waals surface area contributed by atoms with Crippen LogP contribution < -0.4 is 14.2 Å². The number of ether oxygens (including phenoxy) is 3. The summed E-state index contributed by atoms with van der Waals surface area (Å²) in [5.41, 5.74) is 2.60. The van der Waals surface area contributed by atoms with Crippen molar-refractivity contribution < 1.29 is 24.4 Å². The number of halogens is 1. The fourth-order valence-electron chi connectivity index (χ4n) is 3.38. The van der Waals surface area contributed by atoms with E-state index in [-0.39, 0.29) is 5.75 Å². The first-order chi connectivity index (χ1) is 12.5. The lowest BCUT2D eigenvalue weighted by Gasteiger charge is -2.34. The summed E-state index contributed by atoms with van der Waals surface area (Å²) in [6.45, 7) is 1.61. The quantitative estimate of drug-likeness (QED) is 0.768. The maximum atomic E-state index is 10.7. The van der Waals surface area contributed by atoms with Crippen LogP contribution >= 0.6 is 15.9 Å². The van der Waals surface area contributed by atoms with Crippen molar-refractivity contribution in [2.45, 2.75) is 19.2 Å². The second kappa shape index (κ2) is 7.73. The van der Waals surface area contributed by atoms with Crippen LogP contribution in [-0.4, -0.2) is 43.0 Å². The van der Waals surface area contributed by atoms with Gasteiger partial charge in [0.1, 0.15) is 11.5 Å². The number of benzene rings is 2. The minimum absolute atomic E-state index is 0.0860. The maximum absolute atomic E-state index is 10.7. The molecule has 26 heavy (non-hydrogen) atoms. The second-order valence-corrected chi connectivity index (χ2v) is 7.02. The Morgan fingerprint density at radius 3 is 2.38 bits per heavy atom. The van der Waals surface area contributed by atoms with Crippen LogP contribution in [0.25, 0.3) is 0 Å². The molecule has 0 aromatic heterocycles. The first kappa shape index (κ1) is 18.8. The van der Waals surface area contributed by atoms with Crippen LogP contribution in [0.3, 0.4) is 0 Å². The number of β-amino-alcohol motifs (C(OH)–C–C–N with tert-alkyl or cyclic N) is 1. The molecular weight excluding hydrogens is 402 g/mol. The molecule has 6 nitrogen and oxygen atoms in total. The van der Waals surface area contributed by atoms with E-state index in [1.165, 1.54) is 7.11 Å². The molecule has 0 bridgehead atoms. The topological polar surface area (TPSA) is 71.4 Å². The van der Waals surface area contributed by atoms with Crippen LogP contribution in [0, 0.1) is 0 Å². The molecule has 0 unspecified atom stereocenters. The fraction of sp³-hybridized carbons (Fsp3) is 0.368. The van der Waals surface area contributed by atoms with E-state index in [2.05, 4.69) is 20.8 Å². The van der Waals surface area contributed by atoms with Gasteiger partial charge in [-0.2, -0.15) is 0 Å². The van der Waals surface area contributed by atoms with E-state index < -0.39 is 6.10 Å². The molecule has 140 valence electrons. The fourth-order valence-corrected chi connectivity index (χ4v) is 3.83. The highest BCUT2D eigenvalue weighted by molar-refractivity contribution is 9.10. The van der Waals surface area contributed by atoms with Gasteiger partial charge in [0.15, 0.2) is 11.5 Å². The molecule has 2 N–H and O–H groups in total. The van der Waals surface area contributed by atoms with Gasteiger partial charge in [-0.15, -0.1) is 0 Å². The monoisotopic (exact) mass is 423 g/mol. The molecule has 1 atom stereocenters. The summed E-state index contributed by atoms with van der Waals surface area (Å²) in [5.74, 6) is 1.89. The van der Waals surface area contributed by atoms with Crippen molar-refractivity contribution in [2.24, 2.45) is 0 Å². The Labute approximate surface area is 161 Å². The van der Waals surface area contributed by atoms with Gasteiger partial charge in [0.25, 0.3) is 0 Å². The molecule has 1 aliphatic rings. The molecule has 3 rings (SSSR count). The van der Waals surface area contributed by atoms with Crippen LogP contribution in [-0.2, 0) is 13.1 Å². The Hall–Kier alpha value is -1.96. The number of hydrogen-bond acceptors (Lipinski definition) is 6. The predicted molar refractivity (Wildman–Crippen MR) is 101 cm³/mol. The number of phenolic OH excluding ortho intramolecular Hbond substituents is 1. The highest BCUT2D eigenvalue weighted by Crippen LogP contribution is 2.40. The maximum Gasteiger partial charge on any atom is 0.161 e. The van der Waals surface area contributed by atoms with Crippen molar-refractivity contribution in [3.8, 4) is 23.0 Å². The number of nitrogens with zero attached hydrogens (tertiary/aromatic N) is 1. The summed E-state index contributed by atoms with van der Waals surface area (Å²) in [6, 6.07) is 7.08. The van der Waals surface area contributed by atoms with Gasteiger partial charge in [0.2, 0.25) is 0 Å². The third kappa shape index (κ3) is 3.47. The van der Waals surface area contributed by atoms with Crippen LogP contribution in [0.15, 0.2) is 28.7 Å². The van der Waals surface area contributed by atoms with Crippen molar-refractivity contribution >= 4 is 15.9 Å². The number of fused-ring (bicyclic) bond motifs is 1. The Balaban J connectivity index is 1.91. The number of rotatable bonds is 5. The summed E-state index contributed by atoms with van der Waals surface area (Å²) in [6.07, 6.45) is -0.686. The molecular formula is C19H22BrNO5. The SMILES string of the molecule is COc1cc(Br)c(CN2Cc3c(OC)ccc(OC)c3[C@H](O)C2)cc1O. The van der Waals surface area contributed by atoms with E-state index in [1.54, 1.807) is 26.4 Å². The molecule has 0 amide bonds. The van der Waals surface area contributed by atoms with Crippen molar-refractivity contribution in [3.63, 3.8) is 0 Å². The highest BCUT2D eigenvalue weighted by Gasteiger charge is 2.30. The molecule has 0 saturated heterocycles. The number of phenols is 1. The lowest BCUT2D eigenvalue weighted by molar-refractivity contribution is 0.0841. The predicted octanol–water partition coefficient (Wildman–Crippen LogP) is 3.23. The smallest absolute Gasteiger partial charge is 0.161 e. The third-order valence-corrected chi connectivity index (χ3v) is 5.34. The first-order valence-corrected chi connectivity index (χ1v) is 8.97. The lowest BCUT2D eigenvalue weighted by atomic mass is 9.95. The minimum Gasteiger partial charge on any atom is -0.504 e. The van der Waals surface area contributed by atoms with Crippen molar-refractivity contribution in [1.29, 1.82) is 0 Å². The Morgan fingerprint density at radius 2 is 1.73 bits per heavy atom. The van der Waals surface area contributed by atoms with Crippen LogP contribution in [0.4, 0.5) is 0 Å². The second-order valence-electron chi connectivity index (χ2n) is 6.16. The largest absolute Gasteiger partial charge is 0.504 e. The average Bonchev–Trinajstić information content (AvgIpc) is 2.63. The average molecular weight is 424 g/mol. The lowest BCUT2D eigenvalue weighted by Crippen LogP contribution is -2.33. The van der Waals surface area contributed by atoms with Crippen molar-refractivity contribution in [2.75, 3.05) is 27.9 Å². The van der Waals surface area contributed by atoms with Gasteiger partial charge in [-0.1, -0.05) is 15.9 Å². The molecule has 7 heteroatoms. The number of aliphatic hydroxyl groups excluding tert-OH is 1. The molecule has 2 aromatic rings. The van der Waals surface area contributed by atoms with Gasteiger partial charge in [-0.05, 0) is 29.8 Å². The Kier molecular flexibility index (Phi) is 5.60. The van der Waals surface area contributed by atoms with E-state index in [9.17, 15) is 10.2 Å². The van der Waals surface area contributed by atoms with Crippen LogP contribution in [0.5, 0.6) is 23.0 Å². The summed E-state index contributed by atoms with van der Waals surface area (Å²) in [7, 11) is 4.72. The van der Waals surface area contributed by atoms with Gasteiger partial charge in [0.05, 0.1) is 27.4 Å². The van der Waals surface area contributed by atoms with Crippen LogP contribution in [0.2, 0.25) is 0 Å². The van der Waals surface area contributed by atoms with Crippen molar-refractivity contribution in [1.82, 2.24) is 4.90 Å². The summed E-state index contributed by atoms with van der Waals surface area (Å²) < 4.78 is 16.8. The molecule has 0 aliphatic carbocycles. The summed E-state index contributed by atoms with van der Waals surface area (Å²) in [5, 5.41) is 20.7. The number of hydrogen-bond donors (Lipinski definition) is 2. The first-order valence-electron chi connectivity index (χ1n) is 8.18. The molecule has 1 heterocycles. The van der Waals surface area contributed by atoms with Crippen molar-refractivity contribution in [3.05, 3.63) is 45.4 Å². The van der Waals surface area contributed by atoms with Crippen LogP contribution in [0.1, 0.15) is 22.8 Å². The normalized spacial score (nSPS) is 16.9. The third-order valence-electron chi connectivity index (χ3n) is 4.60. The summed E-state index contributed by atoms with van der Waals surface area (Å²) in [4.78, 5) is 2.10. The van der Waals surface area contributed by atoms with Gasteiger partial charge >= 0.3 is 0 Å². The number of aliphatic hydroxyl groups is 1. The van der Waals surface area contributed by atoms with Gasteiger partial charge < -0.3 is 24.4 Å². The number of methoxy groups -OCH3 is 3. The molecule has 1 aliphatic heterocycles. The zero-order chi connectivity index (χ0) is 18.8. The summed E-state index contributed by atoms with van der Waals surface area (Å²) >= 11 is 3.52. The van der Waals surface area contributed by atoms with Gasteiger partial charge in [-0.25, -0.2) is 0 Å². The highest BCUT2D eigenvalue weighted by atomic mass is 79.9. The molecule has 0 spiro atoms. The van der Waals surface area contributed by atoms with E-state index in [0.29, 0.717) is 31.1 Å². The number of aromatic hydroxyl groups is 1. The zero-order valence-corrected chi connectivity index (χ0v) is 16.5. The van der Waals surface area contributed by atoms with E-state index in [1.807, 2.05) is 12.1 Å². The standard InChI is InChI=1S/C19H22BrNO5/c1-24-16-4-5-17(25-2)19-12(16)9-21(10-15(19)23)8-11-6-14(22)18(26-3)7-13(11)20/h4-7,15,22-23H,8-10H2,1-3H3/t15-/m1/s1. The van der Waals surface area contributed by atoms with Gasteiger partial charge in [0, 0.05) is 35.2 Å². The Morgan fingerprint density at radius 1 is 1.08 bits per heavy atom. The van der Waals surface area contributed by atoms with E-state index in [4.69, 9.17) is 14.2 Å². The van der Waals surface area contributed by atoms with E-state index >= 15 is 0 Å². The zero-order valence-electron chi connectivity index (χ0n) is 15.0. The minimum atomic E-state index is -0.686.